The van der Waals surface area contributed by atoms with Gasteiger partial charge in [-0.25, -0.2) is 9.79 Å². The van der Waals surface area contributed by atoms with Crippen molar-refractivity contribution >= 4 is 11.7 Å². The van der Waals surface area contributed by atoms with Gasteiger partial charge < -0.3 is 14.6 Å². The normalized spacial score (nSPS) is 14.8. The Hall–Kier alpha value is -2.56. The van der Waals surface area contributed by atoms with Gasteiger partial charge >= 0.3 is 6.09 Å². The van der Waals surface area contributed by atoms with Crippen LogP contribution in [-0.4, -0.2) is 34.2 Å². The first-order valence-corrected chi connectivity index (χ1v) is 10.7. The fourth-order valence-corrected chi connectivity index (χ4v) is 3.65. The van der Waals surface area contributed by atoms with E-state index in [1.165, 1.54) is 0 Å². The molecule has 0 saturated carbocycles. The maximum Gasteiger partial charge on any atom is 0.410 e. The van der Waals surface area contributed by atoms with Crippen molar-refractivity contribution in [2.75, 3.05) is 6.54 Å². The summed E-state index contributed by atoms with van der Waals surface area (Å²) in [5, 5.41) is 1.10. The molecule has 2 heterocycles. The second kappa shape index (κ2) is 9.50. The van der Waals surface area contributed by atoms with E-state index in [4.69, 9.17) is 4.74 Å². The first kappa shape index (κ1) is 23.7. The fourth-order valence-electron chi connectivity index (χ4n) is 3.65. The summed E-state index contributed by atoms with van der Waals surface area (Å²) in [6, 6.07) is -0.0126. The Kier molecular flexibility index (Phi) is 7.51. The minimum atomic E-state index is -0.519. The maximum absolute atomic E-state index is 12.8. The monoisotopic (exact) mass is 411 g/mol. The highest BCUT2D eigenvalue weighted by Crippen LogP contribution is 2.24. The molecule has 0 aliphatic carbocycles. The second-order valence-electron chi connectivity index (χ2n) is 9.65. The number of nitrogens with one attached hydrogen (secondary N) is 1. The number of carbonyl (C=O) groups excluding carboxylic acids is 1. The molecule has 164 valence electrons. The van der Waals surface area contributed by atoms with Crippen molar-refractivity contribution < 1.29 is 9.53 Å². The van der Waals surface area contributed by atoms with Crippen LogP contribution in [0.3, 0.4) is 0 Å². The van der Waals surface area contributed by atoms with Gasteiger partial charge in [0.1, 0.15) is 11.1 Å². The Morgan fingerprint density at radius 2 is 1.97 bits per heavy atom. The number of nitrogens with zero attached hydrogens (tertiary/aromatic N) is 2. The number of aromatic amines is 1. The van der Waals surface area contributed by atoms with E-state index >= 15 is 0 Å². The molecule has 0 aromatic carbocycles. The number of H-pyrrole nitrogens is 1. The van der Waals surface area contributed by atoms with Crippen LogP contribution >= 0.6 is 0 Å². The lowest BCUT2D eigenvalue weighted by Gasteiger charge is -2.33. The van der Waals surface area contributed by atoms with Gasteiger partial charge in [-0.3, -0.25) is 0 Å². The minimum Gasteiger partial charge on any atom is -0.444 e. The molecule has 30 heavy (non-hydrogen) atoms. The summed E-state index contributed by atoms with van der Waals surface area (Å²) >= 11 is 0. The average molecular weight is 412 g/mol. The summed E-state index contributed by atoms with van der Waals surface area (Å²) in [6.45, 7) is 23.2. The molecule has 1 aliphatic heterocycles. The van der Waals surface area contributed by atoms with E-state index in [1.54, 1.807) is 6.20 Å². The van der Waals surface area contributed by atoms with Crippen LogP contribution in [0.1, 0.15) is 59.9 Å². The highest BCUT2D eigenvalue weighted by atomic mass is 16.6. The van der Waals surface area contributed by atoms with Gasteiger partial charge in [0, 0.05) is 30.2 Å². The highest BCUT2D eigenvalue weighted by molar-refractivity contribution is 5.70. The summed E-state index contributed by atoms with van der Waals surface area (Å²) in [7, 11) is 0. The summed E-state index contributed by atoms with van der Waals surface area (Å²) in [5.41, 5.74) is 4.61. The lowest BCUT2D eigenvalue weighted by molar-refractivity contribution is 0.0150. The third-order valence-corrected chi connectivity index (χ3v) is 4.96. The Labute approximate surface area is 180 Å². The van der Waals surface area contributed by atoms with Crippen LogP contribution in [0.25, 0.3) is 5.57 Å². The standard InChI is InChI=1S/C25H37N3O2/c1-16(2)15-28(24(29)30-25(7,8)9)20(6)12-17(3)13-21-18(4)10-11-26-23-22(21)19(5)14-27-23/h10-11,14,16,20H,3-4,12-13,15H2,1-2,5-9H3,(H,26,27)/t20-/m1/s1. The molecule has 0 fully saturated rings. The Morgan fingerprint density at radius 3 is 2.57 bits per heavy atom. The highest BCUT2D eigenvalue weighted by Gasteiger charge is 2.27. The Morgan fingerprint density at radius 1 is 1.30 bits per heavy atom. The summed E-state index contributed by atoms with van der Waals surface area (Å²) < 4.78 is 5.65. The number of carbonyl (C=O) groups is 1. The third-order valence-electron chi connectivity index (χ3n) is 4.96. The molecule has 2 rings (SSSR count). The predicted molar refractivity (Wildman–Crippen MR) is 124 cm³/mol. The number of aromatic nitrogens is 1. The molecule has 5 heteroatoms. The molecule has 1 N–H and O–H groups in total. The van der Waals surface area contributed by atoms with Crippen molar-refractivity contribution in [3.63, 3.8) is 0 Å². The molecule has 0 radical (unpaired) electrons. The van der Waals surface area contributed by atoms with E-state index in [9.17, 15) is 4.79 Å². The molecular formula is C25H37N3O2. The predicted octanol–water partition coefficient (Wildman–Crippen LogP) is 4.79. The first-order chi connectivity index (χ1) is 13.9. The number of rotatable bonds is 7. The number of fused-ring (bicyclic) bond motifs is 1. The second-order valence-corrected chi connectivity index (χ2v) is 9.65. The first-order valence-electron chi connectivity index (χ1n) is 10.7. The number of ether oxygens (including phenoxy) is 1. The number of hydrogen-bond acceptors (Lipinski definition) is 3. The molecule has 0 saturated heterocycles. The van der Waals surface area contributed by atoms with Crippen LogP contribution in [0.2, 0.25) is 0 Å². The third kappa shape index (κ3) is 6.22. The minimum absolute atomic E-state index is 0.0126. The van der Waals surface area contributed by atoms with Crippen LogP contribution in [0.5, 0.6) is 0 Å². The maximum atomic E-state index is 12.8. The number of aryl methyl sites for hydroxylation is 1. The lowest BCUT2D eigenvalue weighted by atomic mass is 9.94. The molecule has 1 aromatic rings. The van der Waals surface area contributed by atoms with Crippen LogP contribution in [0.4, 0.5) is 4.79 Å². The summed E-state index contributed by atoms with van der Waals surface area (Å²) in [6.07, 6.45) is 6.81. The van der Waals surface area contributed by atoms with Crippen molar-refractivity contribution in [3.05, 3.63) is 59.0 Å². The molecular weight excluding hydrogens is 374 g/mol. The molecule has 0 spiro atoms. The van der Waals surface area contributed by atoms with Crippen molar-refractivity contribution in [1.29, 1.82) is 0 Å². The van der Waals surface area contributed by atoms with E-state index < -0.39 is 5.60 Å². The molecule has 1 aliphatic rings. The van der Waals surface area contributed by atoms with Crippen molar-refractivity contribution in [1.82, 2.24) is 9.88 Å². The quantitative estimate of drug-likeness (QED) is 0.656. The number of hydrogen-bond donors (Lipinski definition) is 1. The zero-order valence-corrected chi connectivity index (χ0v) is 19.6. The Bertz CT molecular complexity index is 957. The van der Waals surface area contributed by atoms with Crippen LogP contribution in [0.15, 0.2) is 47.8 Å². The average Bonchev–Trinajstić information content (AvgIpc) is 2.87. The van der Waals surface area contributed by atoms with Crippen molar-refractivity contribution in [2.24, 2.45) is 10.9 Å². The smallest absolute Gasteiger partial charge is 0.410 e. The van der Waals surface area contributed by atoms with Gasteiger partial charge in [-0.15, -0.1) is 0 Å². The number of amides is 1. The molecule has 5 nitrogen and oxygen atoms in total. The topological polar surface area (TPSA) is 57.7 Å². The fraction of sp³-hybridized carbons (Fsp3) is 0.520. The van der Waals surface area contributed by atoms with E-state index in [0.29, 0.717) is 25.3 Å². The Balaban J connectivity index is 2.22. The molecule has 1 amide bonds. The van der Waals surface area contributed by atoms with E-state index in [2.05, 4.69) is 50.8 Å². The molecule has 1 atom stereocenters. The van der Waals surface area contributed by atoms with Crippen LogP contribution < -0.4 is 10.7 Å². The van der Waals surface area contributed by atoms with Crippen molar-refractivity contribution in [2.45, 2.75) is 73.0 Å². The van der Waals surface area contributed by atoms with E-state index in [0.717, 1.165) is 33.0 Å². The van der Waals surface area contributed by atoms with Crippen LogP contribution in [-0.2, 0) is 4.74 Å². The molecule has 0 unspecified atom stereocenters. The summed E-state index contributed by atoms with van der Waals surface area (Å²) in [4.78, 5) is 22.3. The van der Waals surface area contributed by atoms with Gasteiger partial charge in [0.15, 0.2) is 0 Å². The van der Waals surface area contributed by atoms with Gasteiger partial charge in [-0.2, -0.15) is 0 Å². The van der Waals surface area contributed by atoms with Gasteiger partial charge in [-0.1, -0.05) is 32.6 Å². The van der Waals surface area contributed by atoms with E-state index in [1.807, 2.05) is 37.9 Å². The zero-order valence-electron chi connectivity index (χ0n) is 19.6. The number of allylic oxidation sites excluding steroid dienone is 2. The lowest BCUT2D eigenvalue weighted by Crippen LogP contribution is -2.44. The summed E-state index contributed by atoms with van der Waals surface area (Å²) in [5.74, 6) is 0.348. The molecule has 0 bridgehead atoms. The van der Waals surface area contributed by atoms with Gasteiger partial charge in [0.25, 0.3) is 0 Å². The molecule has 1 aromatic heterocycles. The zero-order chi connectivity index (χ0) is 22.6. The van der Waals surface area contributed by atoms with Gasteiger partial charge in [0.05, 0.1) is 0 Å². The van der Waals surface area contributed by atoms with Crippen LogP contribution in [0, 0.1) is 12.8 Å². The largest absolute Gasteiger partial charge is 0.444 e. The van der Waals surface area contributed by atoms with Crippen molar-refractivity contribution in [3.8, 4) is 0 Å². The SMILES string of the molecule is C=C(CC1=c2c(C)c[nH]c2=NC=CC1=C)C[C@@H](C)N(CC(C)C)C(=O)OC(C)(C)C. The van der Waals surface area contributed by atoms with Gasteiger partial charge in [0.2, 0.25) is 0 Å². The van der Waals surface area contributed by atoms with Gasteiger partial charge in [-0.05, 0) is 76.2 Å². The van der Waals surface area contributed by atoms with E-state index in [-0.39, 0.29) is 12.1 Å².